The molecule has 0 radical (unpaired) electrons. The Morgan fingerprint density at radius 1 is 1.05 bits per heavy atom. The molecule has 5 rings (SSSR count). The van der Waals surface area contributed by atoms with Crippen LogP contribution in [0, 0.1) is 5.92 Å². The fourth-order valence-corrected chi connectivity index (χ4v) is 7.67. The number of esters is 1. The minimum absolute atomic E-state index is 0.103. The molecule has 38 heavy (non-hydrogen) atoms. The Labute approximate surface area is 227 Å². The van der Waals surface area contributed by atoms with Gasteiger partial charge in [-0.2, -0.15) is 13.2 Å². The number of hydrogen-bond acceptors (Lipinski definition) is 7. The minimum atomic E-state index is -4.80. The van der Waals surface area contributed by atoms with Crippen LogP contribution in [0.5, 0.6) is 0 Å². The van der Waals surface area contributed by atoms with Gasteiger partial charge in [0.2, 0.25) is 11.8 Å². The molecule has 2 aliphatic rings. The minimum Gasteiger partial charge on any atom is -0.465 e. The predicted octanol–water partition coefficient (Wildman–Crippen LogP) is 4.94. The molecule has 198 valence electrons. The van der Waals surface area contributed by atoms with Crippen LogP contribution in [-0.4, -0.2) is 34.2 Å². The normalized spacial score (nSPS) is 20.9. The number of amides is 2. The van der Waals surface area contributed by atoms with Crippen molar-refractivity contribution in [1.82, 2.24) is 4.57 Å². The van der Waals surface area contributed by atoms with Gasteiger partial charge in [0.1, 0.15) is 11.8 Å². The fourth-order valence-electron chi connectivity index (χ4n) is 4.77. The SMILES string of the molecule is CCOC(=O)Cn1c2c(sc1=O)[C@@H](c1ccc(Cl)cc1)[C@@H]1C(=O)N(c3ccccc3C(F)(F)F)C(=O)[C@@H]1S2. The van der Waals surface area contributed by atoms with E-state index in [0.717, 1.165) is 35.2 Å². The highest BCUT2D eigenvalue weighted by Crippen LogP contribution is 2.54. The quantitative estimate of drug-likeness (QED) is 0.313. The standard InChI is InChI=1S/C25H18ClF3N2O5S2/c1-2-36-16(32)11-30-23-20(38-24(30)35)17(12-7-9-13(26)10-8-12)18-19(37-23)22(34)31(21(18)33)15-6-4-3-5-14(15)25(27,28)29/h3-10,17-19H,2,11H2,1H3/t17-,18-,19+/m0/s1. The van der Waals surface area contributed by atoms with Crippen LogP contribution in [0.3, 0.4) is 0 Å². The number of thiazole rings is 1. The van der Waals surface area contributed by atoms with Gasteiger partial charge in [0.05, 0.1) is 28.8 Å². The summed E-state index contributed by atoms with van der Waals surface area (Å²) in [5.74, 6) is -4.19. The average molecular weight is 583 g/mol. The van der Waals surface area contributed by atoms with Crippen molar-refractivity contribution in [2.45, 2.75) is 35.8 Å². The van der Waals surface area contributed by atoms with E-state index in [2.05, 4.69) is 0 Å². The number of imide groups is 1. The van der Waals surface area contributed by atoms with E-state index in [1.807, 2.05) is 0 Å². The molecule has 3 heterocycles. The summed E-state index contributed by atoms with van der Waals surface area (Å²) in [6.07, 6.45) is -4.80. The maximum absolute atomic E-state index is 13.8. The highest BCUT2D eigenvalue weighted by atomic mass is 35.5. The maximum Gasteiger partial charge on any atom is 0.418 e. The Hall–Kier alpha value is -3.09. The number of ether oxygens (including phenoxy) is 1. The molecule has 0 spiro atoms. The molecule has 0 N–H and O–H groups in total. The Balaban J connectivity index is 1.66. The van der Waals surface area contributed by atoms with E-state index < -0.39 is 63.7 Å². The molecule has 13 heteroatoms. The third kappa shape index (κ3) is 4.44. The fraction of sp³-hybridized carbons (Fsp3) is 0.280. The molecule has 0 unspecified atom stereocenters. The van der Waals surface area contributed by atoms with E-state index in [9.17, 15) is 32.3 Å². The molecule has 3 aromatic rings. The van der Waals surface area contributed by atoms with Gasteiger partial charge in [-0.3, -0.25) is 23.7 Å². The smallest absolute Gasteiger partial charge is 0.418 e. The van der Waals surface area contributed by atoms with Crippen molar-refractivity contribution in [1.29, 1.82) is 0 Å². The second kappa shape index (κ2) is 9.90. The molecule has 7 nitrogen and oxygen atoms in total. The molecule has 2 aromatic carbocycles. The molecular weight excluding hydrogens is 565 g/mol. The summed E-state index contributed by atoms with van der Waals surface area (Å²) in [5, 5.41) is -0.404. The van der Waals surface area contributed by atoms with E-state index >= 15 is 0 Å². The lowest BCUT2D eigenvalue weighted by Gasteiger charge is -2.30. The molecule has 1 aromatic heterocycles. The molecule has 2 aliphatic heterocycles. The third-order valence-electron chi connectivity index (χ3n) is 6.32. The van der Waals surface area contributed by atoms with E-state index in [4.69, 9.17) is 16.3 Å². The van der Waals surface area contributed by atoms with Gasteiger partial charge < -0.3 is 4.74 Å². The van der Waals surface area contributed by atoms with Gasteiger partial charge in [-0.25, -0.2) is 4.90 Å². The summed E-state index contributed by atoms with van der Waals surface area (Å²) in [6, 6.07) is 10.9. The van der Waals surface area contributed by atoms with Gasteiger partial charge in [-0.1, -0.05) is 59.0 Å². The first-order valence-electron chi connectivity index (χ1n) is 11.4. The highest BCUT2D eigenvalue weighted by molar-refractivity contribution is 8.00. The number of halogens is 4. The van der Waals surface area contributed by atoms with Crippen molar-refractivity contribution >= 4 is 58.2 Å². The first kappa shape index (κ1) is 26.5. The molecule has 2 amide bonds. The monoisotopic (exact) mass is 582 g/mol. The second-order valence-electron chi connectivity index (χ2n) is 8.55. The van der Waals surface area contributed by atoms with Crippen LogP contribution in [0.4, 0.5) is 18.9 Å². The van der Waals surface area contributed by atoms with Crippen molar-refractivity contribution in [3.63, 3.8) is 0 Å². The lowest BCUT2D eigenvalue weighted by Crippen LogP contribution is -2.33. The zero-order valence-electron chi connectivity index (χ0n) is 19.5. The second-order valence-corrected chi connectivity index (χ2v) is 11.1. The average Bonchev–Trinajstić information content (AvgIpc) is 3.30. The van der Waals surface area contributed by atoms with Crippen LogP contribution in [-0.2, 0) is 31.8 Å². The number of anilines is 1. The van der Waals surface area contributed by atoms with Crippen molar-refractivity contribution < 1.29 is 32.3 Å². The van der Waals surface area contributed by atoms with Crippen LogP contribution in [0.15, 0.2) is 58.4 Å². The number of nitrogens with zero attached hydrogens (tertiary/aromatic N) is 2. The van der Waals surface area contributed by atoms with E-state index in [1.54, 1.807) is 31.2 Å². The number of thioether (sulfide) groups is 1. The van der Waals surface area contributed by atoms with Crippen LogP contribution in [0.25, 0.3) is 0 Å². The largest absolute Gasteiger partial charge is 0.465 e. The first-order valence-corrected chi connectivity index (χ1v) is 13.5. The maximum atomic E-state index is 13.8. The summed E-state index contributed by atoms with van der Waals surface area (Å²) < 4.78 is 47.6. The molecule has 0 aliphatic carbocycles. The van der Waals surface area contributed by atoms with Crippen molar-refractivity contribution in [3.05, 3.63) is 79.2 Å². The van der Waals surface area contributed by atoms with Gasteiger partial charge in [-0.05, 0) is 36.8 Å². The van der Waals surface area contributed by atoms with E-state index in [0.29, 0.717) is 25.4 Å². The summed E-state index contributed by atoms with van der Waals surface area (Å²) in [4.78, 5) is 53.1. The Bertz CT molecular complexity index is 1500. The van der Waals surface area contributed by atoms with Crippen LogP contribution >= 0.6 is 34.7 Å². The molecule has 3 atom stereocenters. The number of para-hydroxylation sites is 1. The Morgan fingerprint density at radius 2 is 1.74 bits per heavy atom. The number of hydrogen-bond donors (Lipinski definition) is 0. The molecule has 0 bridgehead atoms. The van der Waals surface area contributed by atoms with Gasteiger partial charge in [-0.15, -0.1) is 0 Å². The van der Waals surface area contributed by atoms with Gasteiger partial charge >= 0.3 is 17.0 Å². The van der Waals surface area contributed by atoms with Gasteiger partial charge in [0.15, 0.2) is 0 Å². The van der Waals surface area contributed by atoms with Gasteiger partial charge in [0, 0.05) is 15.8 Å². The molecular formula is C25H18ClF3N2O5S2. The topological polar surface area (TPSA) is 85.7 Å². The lowest BCUT2D eigenvalue weighted by atomic mass is 9.83. The number of fused-ring (bicyclic) bond motifs is 2. The number of carbonyl (C=O) groups excluding carboxylic acids is 3. The summed E-state index contributed by atoms with van der Waals surface area (Å²) in [6.45, 7) is 1.32. The van der Waals surface area contributed by atoms with Crippen molar-refractivity contribution in [3.8, 4) is 0 Å². The van der Waals surface area contributed by atoms with E-state index in [1.165, 1.54) is 16.7 Å². The summed E-state index contributed by atoms with van der Waals surface area (Å²) in [5.41, 5.74) is -1.10. The van der Waals surface area contributed by atoms with Crippen LogP contribution < -0.4 is 9.77 Å². The lowest BCUT2D eigenvalue weighted by molar-refractivity contribution is -0.144. The number of aromatic nitrogens is 1. The highest BCUT2D eigenvalue weighted by Gasteiger charge is 2.57. The Morgan fingerprint density at radius 3 is 2.39 bits per heavy atom. The van der Waals surface area contributed by atoms with E-state index in [-0.39, 0.29) is 6.61 Å². The zero-order valence-corrected chi connectivity index (χ0v) is 21.9. The van der Waals surface area contributed by atoms with Gasteiger partial charge in [0.25, 0.3) is 0 Å². The van der Waals surface area contributed by atoms with Crippen LogP contribution in [0.1, 0.15) is 28.8 Å². The summed E-state index contributed by atoms with van der Waals surface area (Å²) in [7, 11) is 0. The molecule has 1 saturated heterocycles. The van der Waals surface area contributed by atoms with Crippen molar-refractivity contribution in [2.24, 2.45) is 5.92 Å². The number of rotatable bonds is 5. The molecule has 0 saturated carbocycles. The summed E-state index contributed by atoms with van der Waals surface area (Å²) >= 11 is 7.78. The molecule has 1 fully saturated rings. The zero-order chi connectivity index (χ0) is 27.4. The third-order valence-corrected chi connectivity index (χ3v) is 9.18. The first-order chi connectivity index (χ1) is 18.0. The predicted molar refractivity (Wildman–Crippen MR) is 136 cm³/mol. The van der Waals surface area contributed by atoms with Crippen LogP contribution in [0.2, 0.25) is 5.02 Å². The Kier molecular flexibility index (Phi) is 6.91. The number of carbonyl (C=O) groups is 3. The number of alkyl halides is 3. The number of benzene rings is 2. The van der Waals surface area contributed by atoms with Crippen molar-refractivity contribution in [2.75, 3.05) is 11.5 Å².